The predicted octanol–water partition coefficient (Wildman–Crippen LogP) is -1.56. The minimum atomic E-state index is -4.74. The molecule has 0 amide bonds. The largest absolute Gasteiger partial charge is 0.377 e. The summed E-state index contributed by atoms with van der Waals surface area (Å²) in [4.78, 5) is 1.81. The van der Waals surface area contributed by atoms with Crippen molar-refractivity contribution in [2.75, 3.05) is 19.0 Å². The van der Waals surface area contributed by atoms with E-state index in [2.05, 4.69) is 4.29 Å². The van der Waals surface area contributed by atoms with Gasteiger partial charge in [-0.1, -0.05) is 24.3 Å². The smallest absolute Gasteiger partial charge is 0.275 e. The fourth-order valence-corrected chi connectivity index (χ4v) is 4.11. The highest BCUT2D eigenvalue weighted by atomic mass is 35.7. The quantitative estimate of drug-likeness (QED) is 0.604. The Kier molecular flexibility index (Phi) is 5.35. The Labute approximate surface area is 142 Å². The van der Waals surface area contributed by atoms with Crippen molar-refractivity contribution in [3.63, 3.8) is 0 Å². The number of benzene rings is 2. The Hall–Kier alpha value is -1.46. The van der Waals surface area contributed by atoms with E-state index in [1.165, 1.54) is 6.07 Å². The van der Waals surface area contributed by atoms with Gasteiger partial charge in [0.1, 0.15) is 0 Å². The van der Waals surface area contributed by atoms with E-state index in [4.69, 9.17) is 0 Å². The first-order valence-corrected chi connectivity index (χ1v) is 9.53. The lowest BCUT2D eigenvalue weighted by molar-refractivity contribution is -1.92. The fourth-order valence-electron chi connectivity index (χ4n) is 2.35. The Morgan fingerprint density at radius 3 is 2.25 bits per heavy atom. The SMILES string of the molecule is CC(NS(=O)(=O)c1cccc2c(N(C)C)cccc12)O[Cl+3]([O-])([O-])[O-]. The van der Waals surface area contributed by atoms with Gasteiger partial charge in [0, 0.05) is 30.6 Å². The number of sulfonamides is 1. The first kappa shape index (κ1) is 18.9. The molecule has 24 heavy (non-hydrogen) atoms. The van der Waals surface area contributed by atoms with Crippen LogP contribution in [0.1, 0.15) is 6.92 Å². The number of nitrogens with zero attached hydrogens (tertiary/aromatic N) is 1. The van der Waals surface area contributed by atoms with Crippen molar-refractivity contribution in [3.05, 3.63) is 36.4 Å². The van der Waals surface area contributed by atoms with E-state index in [1.54, 1.807) is 24.3 Å². The maximum atomic E-state index is 12.5. The molecular formula is C14H17ClN2O6S. The van der Waals surface area contributed by atoms with Gasteiger partial charge in [-0.05, 0) is 19.1 Å². The molecule has 0 spiro atoms. The first-order valence-electron chi connectivity index (χ1n) is 6.82. The van der Waals surface area contributed by atoms with Gasteiger partial charge in [-0.25, -0.2) is 8.42 Å². The van der Waals surface area contributed by atoms with E-state index in [9.17, 15) is 22.4 Å². The zero-order valence-electron chi connectivity index (χ0n) is 13.2. The van der Waals surface area contributed by atoms with Crippen LogP contribution in [0.15, 0.2) is 41.3 Å². The summed E-state index contributed by atoms with van der Waals surface area (Å²) < 4.78 is 62.8. The van der Waals surface area contributed by atoms with Gasteiger partial charge >= 0.3 is 0 Å². The van der Waals surface area contributed by atoms with Crippen LogP contribution in [0.5, 0.6) is 0 Å². The second-order valence-electron chi connectivity index (χ2n) is 5.25. The summed E-state index contributed by atoms with van der Waals surface area (Å²) >= 11 is 0. The summed E-state index contributed by atoms with van der Waals surface area (Å²) in [5.41, 5.74) is 0.828. The zero-order valence-corrected chi connectivity index (χ0v) is 14.8. The number of hydrogen-bond acceptors (Lipinski definition) is 7. The monoisotopic (exact) mass is 376 g/mol. The van der Waals surface area contributed by atoms with Gasteiger partial charge in [0.05, 0.1) is 19.4 Å². The number of rotatable bonds is 6. The summed E-state index contributed by atoms with van der Waals surface area (Å²) in [5.74, 6) is 0. The lowest BCUT2D eigenvalue weighted by atomic mass is 10.1. The molecule has 8 nitrogen and oxygen atoms in total. The molecule has 0 heterocycles. The van der Waals surface area contributed by atoms with Gasteiger partial charge in [-0.3, -0.25) is 0 Å². The number of fused-ring (bicyclic) bond motifs is 1. The Balaban J connectivity index is 2.46. The molecule has 0 radical (unpaired) electrons. The lowest BCUT2D eigenvalue weighted by Gasteiger charge is -2.19. The number of halogens is 1. The van der Waals surface area contributed by atoms with Gasteiger partial charge < -0.3 is 4.90 Å². The van der Waals surface area contributed by atoms with Crippen LogP contribution in [-0.4, -0.2) is 28.7 Å². The van der Waals surface area contributed by atoms with Crippen molar-refractivity contribution in [1.82, 2.24) is 4.72 Å². The van der Waals surface area contributed by atoms with Crippen molar-refractivity contribution >= 4 is 26.5 Å². The standard InChI is InChI=1S/C14H17ClN2O6S/c1-10(23-15(18,19)20)16-24(21,22)14-9-5-6-11-12(14)7-4-8-13(11)17(2)3/h4-10,16H,1-3H3. The van der Waals surface area contributed by atoms with Crippen molar-refractivity contribution in [1.29, 1.82) is 0 Å². The second-order valence-corrected chi connectivity index (χ2v) is 7.87. The number of anilines is 1. The maximum Gasteiger partial charge on any atom is 0.275 e. The van der Waals surface area contributed by atoms with Crippen molar-refractivity contribution < 1.29 is 36.9 Å². The van der Waals surface area contributed by atoms with Crippen LogP contribution in [-0.2, 0) is 14.3 Å². The highest BCUT2D eigenvalue weighted by Gasteiger charge is 2.30. The lowest BCUT2D eigenvalue weighted by Crippen LogP contribution is -2.63. The average Bonchev–Trinajstić information content (AvgIpc) is 2.42. The fraction of sp³-hybridized carbons (Fsp3) is 0.286. The molecule has 10 heteroatoms. The van der Waals surface area contributed by atoms with Crippen LogP contribution in [0.25, 0.3) is 10.8 Å². The Morgan fingerprint density at radius 1 is 1.08 bits per heavy atom. The highest BCUT2D eigenvalue weighted by molar-refractivity contribution is 7.89. The minimum absolute atomic E-state index is 0.0425. The van der Waals surface area contributed by atoms with Crippen LogP contribution >= 0.6 is 0 Å². The van der Waals surface area contributed by atoms with Crippen molar-refractivity contribution in [2.45, 2.75) is 18.0 Å². The van der Waals surface area contributed by atoms with Crippen molar-refractivity contribution in [2.24, 2.45) is 0 Å². The van der Waals surface area contributed by atoms with E-state index in [0.717, 1.165) is 12.6 Å². The normalized spacial score (nSPS) is 13.9. The molecule has 2 aromatic carbocycles. The molecule has 2 rings (SSSR count). The van der Waals surface area contributed by atoms with E-state index < -0.39 is 26.5 Å². The van der Waals surface area contributed by atoms with Gasteiger partial charge in [-0.2, -0.15) is 18.7 Å². The molecule has 1 atom stereocenters. The van der Waals surface area contributed by atoms with Gasteiger partial charge in [-0.15, -0.1) is 0 Å². The van der Waals surface area contributed by atoms with Crippen LogP contribution in [0.4, 0.5) is 5.69 Å². The zero-order chi connectivity index (χ0) is 18.1. The third kappa shape index (κ3) is 4.33. The Morgan fingerprint density at radius 2 is 1.67 bits per heavy atom. The molecule has 0 fully saturated rings. The van der Waals surface area contributed by atoms with E-state index in [0.29, 0.717) is 10.8 Å². The Bertz CT molecular complexity index is 835. The molecular weight excluding hydrogens is 360 g/mol. The summed E-state index contributed by atoms with van der Waals surface area (Å²) in [6.07, 6.45) is -1.54. The molecule has 0 aliphatic carbocycles. The van der Waals surface area contributed by atoms with E-state index >= 15 is 0 Å². The number of hydrogen-bond donors (Lipinski definition) is 1. The molecule has 0 saturated heterocycles. The third-order valence-corrected chi connectivity index (χ3v) is 5.26. The molecule has 1 unspecified atom stereocenters. The molecule has 2 aromatic rings. The van der Waals surface area contributed by atoms with Gasteiger partial charge in [0.15, 0.2) is 0 Å². The summed E-state index contributed by atoms with van der Waals surface area (Å²) in [6, 6.07) is 9.96. The van der Waals surface area contributed by atoms with Crippen molar-refractivity contribution in [3.8, 4) is 0 Å². The summed E-state index contributed by atoms with van der Waals surface area (Å²) in [5, 5.41) is 1.18. The van der Waals surface area contributed by atoms with Crippen LogP contribution in [0.2, 0.25) is 0 Å². The maximum absolute atomic E-state index is 12.5. The topological polar surface area (TPSA) is 128 Å². The number of nitrogens with one attached hydrogen (secondary N) is 1. The first-order chi connectivity index (χ1) is 11.0. The molecule has 132 valence electrons. The minimum Gasteiger partial charge on any atom is -0.377 e. The summed E-state index contributed by atoms with van der Waals surface area (Å²) in [6.45, 7) is 1.11. The van der Waals surface area contributed by atoms with E-state index in [-0.39, 0.29) is 4.90 Å². The predicted molar refractivity (Wildman–Crippen MR) is 79.1 cm³/mol. The van der Waals surface area contributed by atoms with Gasteiger partial charge in [0.2, 0.25) is 10.0 Å². The molecule has 0 bridgehead atoms. The van der Waals surface area contributed by atoms with Crippen LogP contribution < -0.4 is 23.6 Å². The highest BCUT2D eigenvalue weighted by Crippen LogP contribution is 2.30. The molecule has 0 aromatic heterocycles. The molecule has 0 aliphatic heterocycles. The molecule has 1 N–H and O–H groups in total. The van der Waals surface area contributed by atoms with E-state index in [1.807, 2.05) is 29.8 Å². The van der Waals surface area contributed by atoms with Crippen LogP contribution in [0.3, 0.4) is 0 Å². The molecule has 0 aliphatic rings. The average molecular weight is 377 g/mol. The molecule has 0 saturated carbocycles. The second kappa shape index (κ2) is 6.81. The van der Waals surface area contributed by atoms with Gasteiger partial charge in [0.25, 0.3) is 6.23 Å². The van der Waals surface area contributed by atoms with Crippen LogP contribution in [0, 0.1) is 10.2 Å². The summed E-state index contributed by atoms with van der Waals surface area (Å²) in [7, 11) is -5.17. The third-order valence-electron chi connectivity index (χ3n) is 3.19.